The fourth-order valence-electron chi connectivity index (χ4n) is 2.59. The summed E-state index contributed by atoms with van der Waals surface area (Å²) in [5.74, 6) is 0.680. The van der Waals surface area contributed by atoms with Crippen LogP contribution in [0.1, 0.15) is 27.9 Å². The molecule has 1 fully saturated rings. The van der Waals surface area contributed by atoms with Gasteiger partial charge in [0.25, 0.3) is 5.91 Å². The Morgan fingerprint density at radius 3 is 2.60 bits per heavy atom. The Bertz CT molecular complexity index is 510. The summed E-state index contributed by atoms with van der Waals surface area (Å²) in [4.78, 5) is 25.5. The molecule has 1 saturated heterocycles. The van der Waals surface area contributed by atoms with Crippen molar-refractivity contribution in [1.29, 1.82) is 0 Å². The van der Waals surface area contributed by atoms with E-state index in [2.05, 4.69) is 0 Å². The summed E-state index contributed by atoms with van der Waals surface area (Å²) in [6.45, 7) is 4.46. The fraction of sp³-hybridized carbons (Fsp3) is 0.467. The molecule has 1 aliphatic rings. The average Bonchev–Trinajstić information content (AvgIpc) is 2.38. The molecular formula is C15H19NO3S. The first kappa shape index (κ1) is 14.9. The molecule has 0 saturated carbocycles. The van der Waals surface area contributed by atoms with Crippen LogP contribution in [0.4, 0.5) is 0 Å². The van der Waals surface area contributed by atoms with Gasteiger partial charge in [0.1, 0.15) is 0 Å². The molecule has 0 radical (unpaired) electrons. The highest BCUT2D eigenvalue weighted by atomic mass is 32.2. The number of thioether (sulfide) groups is 1. The van der Waals surface area contributed by atoms with E-state index in [0.717, 1.165) is 22.4 Å². The average molecular weight is 293 g/mol. The van der Waals surface area contributed by atoms with E-state index in [9.17, 15) is 9.59 Å². The first-order valence-electron chi connectivity index (χ1n) is 6.67. The second-order valence-corrected chi connectivity index (χ2v) is 6.24. The molecular weight excluding hydrogens is 274 g/mol. The number of hydrogen-bond acceptors (Lipinski definition) is 3. The number of carboxylic acid groups (broad SMARTS) is 1. The molecule has 1 heterocycles. The van der Waals surface area contributed by atoms with Gasteiger partial charge in [-0.2, -0.15) is 11.8 Å². The Morgan fingerprint density at radius 2 is 2.00 bits per heavy atom. The van der Waals surface area contributed by atoms with Crippen LogP contribution in [0.2, 0.25) is 0 Å². The summed E-state index contributed by atoms with van der Waals surface area (Å²) in [7, 11) is 0. The van der Waals surface area contributed by atoms with Gasteiger partial charge in [-0.1, -0.05) is 18.2 Å². The largest absolute Gasteiger partial charge is 0.481 e. The predicted octanol–water partition coefficient (Wildman–Crippen LogP) is 2.34. The van der Waals surface area contributed by atoms with E-state index < -0.39 is 5.97 Å². The first-order chi connectivity index (χ1) is 9.50. The van der Waals surface area contributed by atoms with Crippen molar-refractivity contribution >= 4 is 23.6 Å². The normalized spacial score (nSPS) is 18.9. The molecule has 1 aromatic carbocycles. The SMILES string of the molecule is Cc1cccc(C)c1C(=O)N1CCSCC1CC(=O)O. The van der Waals surface area contributed by atoms with Crippen LogP contribution in [0.15, 0.2) is 18.2 Å². The number of amides is 1. The van der Waals surface area contributed by atoms with Crippen molar-refractivity contribution in [2.75, 3.05) is 18.1 Å². The van der Waals surface area contributed by atoms with E-state index >= 15 is 0 Å². The summed E-state index contributed by atoms with van der Waals surface area (Å²) < 4.78 is 0. The summed E-state index contributed by atoms with van der Waals surface area (Å²) in [5.41, 5.74) is 2.61. The van der Waals surface area contributed by atoms with E-state index in [1.165, 1.54) is 0 Å². The maximum absolute atomic E-state index is 12.8. The van der Waals surface area contributed by atoms with Crippen LogP contribution in [-0.4, -0.2) is 46.0 Å². The Balaban J connectivity index is 2.28. The molecule has 5 heteroatoms. The fourth-order valence-corrected chi connectivity index (χ4v) is 3.65. The van der Waals surface area contributed by atoms with Gasteiger partial charge in [0.05, 0.1) is 12.5 Å². The van der Waals surface area contributed by atoms with E-state index in [-0.39, 0.29) is 18.4 Å². The number of benzene rings is 1. The minimum absolute atomic E-state index is 0.0175. The van der Waals surface area contributed by atoms with Gasteiger partial charge in [-0.3, -0.25) is 9.59 Å². The first-order valence-corrected chi connectivity index (χ1v) is 7.83. The topological polar surface area (TPSA) is 57.6 Å². The van der Waals surface area contributed by atoms with Crippen LogP contribution in [0, 0.1) is 13.8 Å². The van der Waals surface area contributed by atoms with Gasteiger partial charge in [0.2, 0.25) is 0 Å². The zero-order valence-corrected chi connectivity index (χ0v) is 12.6. The van der Waals surface area contributed by atoms with Crippen LogP contribution in [-0.2, 0) is 4.79 Å². The molecule has 0 bridgehead atoms. The number of carboxylic acids is 1. The minimum atomic E-state index is -0.850. The van der Waals surface area contributed by atoms with E-state index in [0.29, 0.717) is 12.3 Å². The molecule has 1 unspecified atom stereocenters. The Kier molecular flexibility index (Phi) is 4.70. The van der Waals surface area contributed by atoms with E-state index in [1.807, 2.05) is 32.0 Å². The van der Waals surface area contributed by atoms with Crippen LogP contribution in [0.25, 0.3) is 0 Å². The molecule has 1 N–H and O–H groups in total. The van der Waals surface area contributed by atoms with Crippen molar-refractivity contribution in [3.63, 3.8) is 0 Å². The maximum atomic E-state index is 12.8. The highest BCUT2D eigenvalue weighted by Gasteiger charge is 2.30. The van der Waals surface area contributed by atoms with Crippen LogP contribution in [0.5, 0.6) is 0 Å². The molecule has 0 aliphatic carbocycles. The maximum Gasteiger partial charge on any atom is 0.305 e. The predicted molar refractivity (Wildman–Crippen MR) is 80.3 cm³/mol. The van der Waals surface area contributed by atoms with Crippen LogP contribution < -0.4 is 0 Å². The number of rotatable bonds is 3. The zero-order valence-electron chi connectivity index (χ0n) is 11.8. The van der Waals surface area contributed by atoms with Crippen LogP contribution >= 0.6 is 11.8 Å². The molecule has 1 aromatic rings. The van der Waals surface area contributed by atoms with Gasteiger partial charge in [-0.05, 0) is 25.0 Å². The van der Waals surface area contributed by atoms with Crippen molar-refractivity contribution < 1.29 is 14.7 Å². The Morgan fingerprint density at radius 1 is 1.35 bits per heavy atom. The summed E-state index contributed by atoms with van der Waals surface area (Å²) in [6.07, 6.45) is 0.0175. The van der Waals surface area contributed by atoms with Crippen molar-refractivity contribution in [3.8, 4) is 0 Å². The zero-order chi connectivity index (χ0) is 14.7. The van der Waals surface area contributed by atoms with Gasteiger partial charge in [-0.25, -0.2) is 0 Å². The summed E-state index contributed by atoms with van der Waals surface area (Å²) in [5, 5.41) is 9.00. The number of hydrogen-bond donors (Lipinski definition) is 1. The Labute approximate surface area is 123 Å². The van der Waals surface area contributed by atoms with E-state index in [4.69, 9.17) is 5.11 Å². The van der Waals surface area contributed by atoms with Crippen molar-refractivity contribution in [2.24, 2.45) is 0 Å². The molecule has 1 amide bonds. The van der Waals surface area contributed by atoms with Crippen molar-refractivity contribution in [1.82, 2.24) is 4.90 Å². The van der Waals surface area contributed by atoms with Gasteiger partial charge in [0.15, 0.2) is 0 Å². The molecule has 0 spiro atoms. The smallest absolute Gasteiger partial charge is 0.305 e. The molecule has 2 rings (SSSR count). The molecule has 20 heavy (non-hydrogen) atoms. The second kappa shape index (κ2) is 6.31. The minimum Gasteiger partial charge on any atom is -0.481 e. The molecule has 1 aliphatic heterocycles. The summed E-state index contributed by atoms with van der Waals surface area (Å²) >= 11 is 1.71. The lowest BCUT2D eigenvalue weighted by Crippen LogP contribution is -2.47. The number of carbonyl (C=O) groups is 2. The summed E-state index contributed by atoms with van der Waals surface area (Å²) in [6, 6.07) is 5.57. The number of carbonyl (C=O) groups excluding carboxylic acids is 1. The highest BCUT2D eigenvalue weighted by Crippen LogP contribution is 2.24. The quantitative estimate of drug-likeness (QED) is 0.929. The lowest BCUT2D eigenvalue weighted by molar-refractivity contribution is -0.138. The lowest BCUT2D eigenvalue weighted by atomic mass is 10.0. The van der Waals surface area contributed by atoms with Gasteiger partial charge in [0, 0.05) is 23.6 Å². The third-order valence-electron chi connectivity index (χ3n) is 3.59. The van der Waals surface area contributed by atoms with Gasteiger partial charge in [-0.15, -0.1) is 0 Å². The number of aryl methyl sites for hydroxylation is 2. The number of nitrogens with zero attached hydrogens (tertiary/aromatic N) is 1. The van der Waals surface area contributed by atoms with Crippen LogP contribution in [0.3, 0.4) is 0 Å². The molecule has 4 nitrogen and oxygen atoms in total. The van der Waals surface area contributed by atoms with E-state index in [1.54, 1.807) is 16.7 Å². The molecule has 108 valence electrons. The third kappa shape index (κ3) is 3.15. The molecule has 0 aromatic heterocycles. The van der Waals surface area contributed by atoms with Crippen molar-refractivity contribution in [2.45, 2.75) is 26.3 Å². The molecule has 1 atom stereocenters. The standard InChI is InChI=1S/C15H19NO3S/c1-10-4-3-5-11(2)14(10)15(19)16-6-7-20-9-12(16)8-13(17)18/h3-5,12H,6-9H2,1-2H3,(H,17,18). The van der Waals surface area contributed by atoms with Gasteiger partial charge < -0.3 is 10.0 Å². The third-order valence-corrected chi connectivity index (χ3v) is 4.69. The van der Waals surface area contributed by atoms with Crippen molar-refractivity contribution in [3.05, 3.63) is 34.9 Å². The lowest BCUT2D eigenvalue weighted by Gasteiger charge is -2.35. The Hall–Kier alpha value is -1.49. The second-order valence-electron chi connectivity index (χ2n) is 5.09. The van der Waals surface area contributed by atoms with Gasteiger partial charge >= 0.3 is 5.97 Å². The highest BCUT2D eigenvalue weighted by molar-refractivity contribution is 7.99. The monoisotopic (exact) mass is 293 g/mol. The number of aliphatic carboxylic acids is 1.